The Labute approximate surface area is 411 Å². The van der Waals surface area contributed by atoms with Gasteiger partial charge in [0, 0.05) is 60.5 Å². The molecule has 13 rings (SSSR count). The minimum absolute atomic E-state index is 0.00434. The van der Waals surface area contributed by atoms with Crippen LogP contribution >= 0.6 is 0 Å². The molecule has 4 heterocycles. The summed E-state index contributed by atoms with van der Waals surface area (Å²) in [4.78, 5) is 2.74. The second-order valence-electron chi connectivity index (χ2n) is 27.5. The molecule has 0 fully saturated rings. The average Bonchev–Trinajstić information content (AvgIpc) is 3.90. The lowest BCUT2D eigenvalue weighted by Crippen LogP contribution is -2.52. The maximum atomic E-state index is 7.39. The zero-order valence-corrected chi connectivity index (χ0v) is 44.4. The van der Waals surface area contributed by atoms with Gasteiger partial charge >= 0.3 is 6.85 Å². The number of nitrogens with zero attached hydrogens (tertiary/aromatic N) is 2. The number of fused-ring (bicyclic) bond motifs is 14. The van der Waals surface area contributed by atoms with E-state index in [1.165, 1.54) is 135 Å². The Morgan fingerprint density at radius 2 is 1.12 bits per heavy atom. The normalized spacial score (nSPS) is 20.1. The molecule has 6 aromatic carbocycles. The number of hydrogen-bond acceptors (Lipinski definition) is 2. The fraction of sp³-hybridized carbons (Fsp3) is 0.415. The fourth-order valence-corrected chi connectivity index (χ4v) is 14.2. The summed E-state index contributed by atoms with van der Waals surface area (Å²) in [5.74, 6) is 0. The molecule has 0 atom stereocenters. The first kappa shape index (κ1) is 43.5. The predicted octanol–water partition coefficient (Wildman–Crippen LogP) is 17.1. The van der Waals surface area contributed by atoms with E-state index < -0.39 is 0 Å². The second kappa shape index (κ2) is 13.1. The predicted molar refractivity (Wildman–Crippen MR) is 296 cm³/mol. The van der Waals surface area contributed by atoms with Gasteiger partial charge in [-0.25, -0.2) is 0 Å². The summed E-state index contributed by atoms with van der Waals surface area (Å²) in [6.07, 6.45) is 4.70. The molecule has 0 amide bonds. The van der Waals surface area contributed by atoms with Crippen LogP contribution in [0.3, 0.4) is 0 Å². The number of rotatable bonds is 1. The Kier molecular flexibility index (Phi) is 8.25. The van der Waals surface area contributed by atoms with E-state index in [1.807, 2.05) is 0 Å². The number of hydrogen-bond donors (Lipinski definition) is 0. The average molecular weight is 907 g/mol. The number of furan rings is 1. The second-order valence-corrected chi connectivity index (χ2v) is 27.5. The van der Waals surface area contributed by atoms with Crippen LogP contribution in [0.15, 0.2) is 101 Å². The quantitative estimate of drug-likeness (QED) is 0.153. The Morgan fingerprint density at radius 1 is 0.507 bits per heavy atom. The first-order valence-electron chi connectivity index (χ1n) is 26.2. The van der Waals surface area contributed by atoms with E-state index in [1.54, 1.807) is 0 Å². The maximum Gasteiger partial charge on any atom is 0.329 e. The first-order valence-corrected chi connectivity index (χ1v) is 26.2. The fourth-order valence-electron chi connectivity index (χ4n) is 14.2. The molecule has 4 heteroatoms. The van der Waals surface area contributed by atoms with Crippen LogP contribution < -0.4 is 10.4 Å². The Balaban J connectivity index is 1.26. The van der Waals surface area contributed by atoms with Crippen molar-refractivity contribution in [2.45, 2.75) is 174 Å². The largest absolute Gasteiger partial charge is 0.454 e. The molecule has 2 aliphatic heterocycles. The van der Waals surface area contributed by atoms with Gasteiger partial charge in [-0.1, -0.05) is 147 Å². The summed E-state index contributed by atoms with van der Waals surface area (Å²) in [5.41, 5.74) is 25.3. The number of benzene rings is 6. The molecular weight excluding hydrogens is 836 g/mol. The summed E-state index contributed by atoms with van der Waals surface area (Å²) in [6, 6.07) is 36.8. The summed E-state index contributed by atoms with van der Waals surface area (Å²) in [7, 11) is 0. The van der Waals surface area contributed by atoms with Crippen molar-refractivity contribution in [2.24, 2.45) is 0 Å². The third-order valence-corrected chi connectivity index (χ3v) is 18.8. The smallest absolute Gasteiger partial charge is 0.329 e. The van der Waals surface area contributed by atoms with E-state index in [2.05, 4.69) is 211 Å². The molecule has 0 N–H and O–H groups in total. The van der Waals surface area contributed by atoms with Gasteiger partial charge < -0.3 is 13.8 Å². The minimum Gasteiger partial charge on any atom is -0.454 e. The van der Waals surface area contributed by atoms with E-state index in [4.69, 9.17) is 4.42 Å². The number of aromatic nitrogens is 1. The van der Waals surface area contributed by atoms with Crippen LogP contribution in [-0.4, -0.2) is 11.3 Å². The first-order chi connectivity index (χ1) is 32.2. The summed E-state index contributed by atoms with van der Waals surface area (Å²) in [6.45, 7) is 39.1. The van der Waals surface area contributed by atoms with E-state index in [0.29, 0.717) is 0 Å². The van der Waals surface area contributed by atoms with Crippen LogP contribution in [-0.2, 0) is 37.9 Å². The standard InChI is InChI=1S/C65H71BN2O/c1-59(2,3)36-21-24-51-40(29-36)42-30-37(60(4,5)6)31-43-41-33-44-39-19-17-18-20-52(39)69-57(44)56-53(41)66(68(51)54(42)43)58-55(67(56)38-22-23-46-48(32-38)62(9,10)26-25-61(46,7)8)45-34-49-50(35-47(45)65(58,15)16)64(13,14)28-27-63(49,11)12/h17-24,29-35H,25-28H2,1-16H3. The molecular formula is C65H71BN2O. The molecule has 3 aliphatic carbocycles. The molecule has 0 unspecified atom stereocenters. The highest BCUT2D eigenvalue weighted by atomic mass is 16.3. The van der Waals surface area contributed by atoms with Gasteiger partial charge in [-0.3, -0.25) is 0 Å². The van der Waals surface area contributed by atoms with Crippen LogP contribution in [0.4, 0.5) is 11.4 Å². The zero-order valence-electron chi connectivity index (χ0n) is 44.4. The highest BCUT2D eigenvalue weighted by molar-refractivity contribution is 6.86. The lowest BCUT2D eigenvalue weighted by atomic mass is 9.40. The SMILES string of the molecule is CC(C)(C)c1ccc2c(c1)c1cc(C(C)(C)C)cc3c1n2B1C2=C(c4cc5c(cc4C2(C)C)C(C)(C)CCC5(C)C)N(c2ccc4c(c2)C(C)(C)CCC4(C)C)c2c1c-3cc1c2oc2ccccc21. The summed E-state index contributed by atoms with van der Waals surface area (Å²) < 4.78 is 10.2. The van der Waals surface area contributed by atoms with Gasteiger partial charge in [0.15, 0.2) is 5.58 Å². The van der Waals surface area contributed by atoms with Gasteiger partial charge in [0.25, 0.3) is 0 Å². The molecule has 0 spiro atoms. The highest BCUT2D eigenvalue weighted by Gasteiger charge is 2.55. The van der Waals surface area contributed by atoms with Crippen LogP contribution in [0.25, 0.3) is 60.6 Å². The van der Waals surface area contributed by atoms with Crippen molar-refractivity contribution < 1.29 is 4.42 Å². The van der Waals surface area contributed by atoms with Crippen molar-refractivity contribution in [1.29, 1.82) is 0 Å². The van der Waals surface area contributed by atoms with Gasteiger partial charge in [-0.05, 0) is 168 Å². The van der Waals surface area contributed by atoms with Gasteiger partial charge in [0.2, 0.25) is 0 Å². The van der Waals surface area contributed by atoms with Crippen LogP contribution in [0.1, 0.15) is 181 Å². The van der Waals surface area contributed by atoms with E-state index in [9.17, 15) is 0 Å². The van der Waals surface area contributed by atoms with Crippen LogP contribution in [0, 0.1) is 0 Å². The maximum absolute atomic E-state index is 7.39. The molecule has 8 aromatic rings. The lowest BCUT2D eigenvalue weighted by Gasteiger charge is -2.45. The zero-order chi connectivity index (χ0) is 48.7. The van der Waals surface area contributed by atoms with Crippen molar-refractivity contribution in [3.05, 3.63) is 141 Å². The number of allylic oxidation sites excluding steroid dienone is 1. The number of anilines is 2. The molecule has 0 saturated carbocycles. The Hall–Kier alpha value is -5.48. The van der Waals surface area contributed by atoms with Gasteiger partial charge in [0.05, 0.1) is 5.69 Å². The van der Waals surface area contributed by atoms with Crippen molar-refractivity contribution >= 4 is 73.1 Å². The topological polar surface area (TPSA) is 21.3 Å². The van der Waals surface area contributed by atoms with Gasteiger partial charge in [-0.2, -0.15) is 0 Å². The van der Waals surface area contributed by atoms with Gasteiger partial charge in [0.1, 0.15) is 5.58 Å². The molecule has 69 heavy (non-hydrogen) atoms. The van der Waals surface area contributed by atoms with Crippen molar-refractivity contribution in [2.75, 3.05) is 4.90 Å². The number of para-hydroxylation sites is 1. The van der Waals surface area contributed by atoms with E-state index in [0.717, 1.165) is 17.6 Å². The molecule has 0 radical (unpaired) electrons. The molecule has 5 aliphatic rings. The van der Waals surface area contributed by atoms with Gasteiger partial charge in [-0.15, -0.1) is 0 Å². The minimum atomic E-state index is -0.315. The molecule has 2 aromatic heterocycles. The lowest BCUT2D eigenvalue weighted by molar-refractivity contribution is 0.331. The van der Waals surface area contributed by atoms with Crippen molar-refractivity contribution in [1.82, 2.24) is 4.48 Å². The Bertz CT molecular complexity index is 3670. The van der Waals surface area contributed by atoms with Crippen molar-refractivity contribution in [3.63, 3.8) is 0 Å². The molecule has 350 valence electrons. The monoisotopic (exact) mass is 907 g/mol. The van der Waals surface area contributed by atoms with E-state index >= 15 is 0 Å². The highest BCUT2D eigenvalue weighted by Crippen LogP contribution is 2.61. The third kappa shape index (κ3) is 5.64. The summed E-state index contributed by atoms with van der Waals surface area (Å²) in [5, 5.41) is 5.07. The van der Waals surface area contributed by atoms with Crippen molar-refractivity contribution in [3.8, 4) is 11.1 Å². The van der Waals surface area contributed by atoms with E-state index in [-0.39, 0.29) is 44.8 Å². The molecule has 3 nitrogen and oxygen atoms in total. The third-order valence-electron chi connectivity index (χ3n) is 18.8. The van der Waals surface area contributed by atoms with Crippen LogP contribution in [0.5, 0.6) is 0 Å². The molecule has 0 saturated heterocycles. The Morgan fingerprint density at radius 3 is 1.78 bits per heavy atom. The molecule has 0 bridgehead atoms. The van der Waals surface area contributed by atoms with Crippen LogP contribution in [0.2, 0.25) is 0 Å². The summed E-state index contributed by atoms with van der Waals surface area (Å²) >= 11 is 0.